The van der Waals surface area contributed by atoms with Crippen molar-refractivity contribution in [1.29, 1.82) is 0 Å². The van der Waals surface area contributed by atoms with E-state index < -0.39 is 34.4 Å². The second kappa shape index (κ2) is 7.38. The number of esters is 1. The van der Waals surface area contributed by atoms with Crippen LogP contribution in [-0.2, 0) is 26.8 Å². The number of aromatic nitrogens is 3. The van der Waals surface area contributed by atoms with Crippen LogP contribution in [0.1, 0.15) is 37.6 Å². The van der Waals surface area contributed by atoms with Gasteiger partial charge in [0.1, 0.15) is 28.0 Å². The lowest BCUT2D eigenvalue weighted by Gasteiger charge is -2.23. The third-order valence-corrected chi connectivity index (χ3v) is 5.32. The summed E-state index contributed by atoms with van der Waals surface area (Å²) in [6.07, 6.45) is 0.917. The Kier molecular flexibility index (Phi) is 5.40. The SMILES string of the molecule is Cc1ccc([S+]([O-])n2nc(C)c3ncc(C(F)(F)C(=O)OC(C)(C)C)cc32)cc1. The van der Waals surface area contributed by atoms with Crippen molar-refractivity contribution in [3.63, 3.8) is 0 Å². The van der Waals surface area contributed by atoms with Crippen molar-refractivity contribution in [2.75, 3.05) is 0 Å². The Morgan fingerprint density at radius 3 is 2.38 bits per heavy atom. The average molecular weight is 421 g/mol. The molecule has 1 atom stereocenters. The molecular formula is C20H21F2N3O3S. The fraction of sp³-hybridized carbons (Fsp3) is 0.350. The van der Waals surface area contributed by atoms with E-state index in [1.165, 1.54) is 20.8 Å². The van der Waals surface area contributed by atoms with Crippen LogP contribution in [0.25, 0.3) is 11.0 Å². The van der Waals surface area contributed by atoms with Gasteiger partial charge in [-0.1, -0.05) is 21.8 Å². The predicted octanol–water partition coefficient (Wildman–Crippen LogP) is 4.05. The van der Waals surface area contributed by atoms with E-state index in [9.17, 15) is 18.1 Å². The van der Waals surface area contributed by atoms with Gasteiger partial charge < -0.3 is 9.29 Å². The molecule has 3 rings (SSSR count). The van der Waals surface area contributed by atoms with Gasteiger partial charge in [0.15, 0.2) is 4.90 Å². The van der Waals surface area contributed by atoms with Crippen molar-refractivity contribution in [3.8, 4) is 0 Å². The highest BCUT2D eigenvalue weighted by atomic mass is 32.2. The fourth-order valence-corrected chi connectivity index (χ4v) is 3.71. The Bertz CT molecular complexity index is 1060. The van der Waals surface area contributed by atoms with Crippen LogP contribution in [0.15, 0.2) is 41.4 Å². The smallest absolute Gasteiger partial charge is 0.382 e. The number of alkyl halides is 2. The Morgan fingerprint density at radius 2 is 1.79 bits per heavy atom. The second-order valence-corrected chi connectivity index (χ2v) is 9.00. The quantitative estimate of drug-likeness (QED) is 0.469. The molecule has 0 aliphatic heterocycles. The predicted molar refractivity (Wildman–Crippen MR) is 105 cm³/mol. The van der Waals surface area contributed by atoms with Crippen LogP contribution >= 0.6 is 0 Å². The highest BCUT2D eigenvalue weighted by Gasteiger charge is 2.45. The van der Waals surface area contributed by atoms with Crippen molar-refractivity contribution in [3.05, 3.63) is 53.3 Å². The molecule has 0 amide bonds. The van der Waals surface area contributed by atoms with Gasteiger partial charge in [-0.25, -0.2) is 4.79 Å². The topological polar surface area (TPSA) is 80.1 Å². The third-order valence-electron chi connectivity index (χ3n) is 4.05. The lowest BCUT2D eigenvalue weighted by Crippen LogP contribution is -2.35. The van der Waals surface area contributed by atoms with Crippen molar-refractivity contribution in [2.24, 2.45) is 0 Å². The molecular weight excluding hydrogens is 400 g/mol. The van der Waals surface area contributed by atoms with E-state index >= 15 is 0 Å². The maximum atomic E-state index is 14.7. The number of carbonyl (C=O) groups is 1. The van der Waals surface area contributed by atoms with E-state index in [1.54, 1.807) is 31.2 Å². The summed E-state index contributed by atoms with van der Waals surface area (Å²) in [4.78, 5) is 16.5. The van der Waals surface area contributed by atoms with Gasteiger partial charge in [0, 0.05) is 6.20 Å². The number of hydrogen-bond acceptors (Lipinski definition) is 5. The number of nitrogens with zero attached hydrogens (tertiary/aromatic N) is 3. The Balaban J connectivity index is 2.06. The van der Waals surface area contributed by atoms with Crippen LogP contribution in [0.5, 0.6) is 0 Å². The number of ether oxygens (including phenoxy) is 1. The zero-order chi connectivity index (χ0) is 21.6. The third kappa shape index (κ3) is 4.25. The van der Waals surface area contributed by atoms with Crippen molar-refractivity contribution in [2.45, 2.75) is 51.0 Å². The zero-order valence-corrected chi connectivity index (χ0v) is 17.5. The van der Waals surface area contributed by atoms with Crippen molar-refractivity contribution in [1.82, 2.24) is 14.2 Å². The van der Waals surface area contributed by atoms with Crippen LogP contribution in [0.3, 0.4) is 0 Å². The number of carbonyl (C=O) groups excluding carboxylic acids is 1. The largest absolute Gasteiger partial charge is 0.586 e. The van der Waals surface area contributed by atoms with Crippen molar-refractivity contribution >= 4 is 28.4 Å². The fourth-order valence-electron chi connectivity index (χ4n) is 2.63. The monoisotopic (exact) mass is 421 g/mol. The van der Waals surface area contributed by atoms with E-state index in [2.05, 4.69) is 10.1 Å². The van der Waals surface area contributed by atoms with Gasteiger partial charge in [0.2, 0.25) is 0 Å². The van der Waals surface area contributed by atoms with E-state index in [-0.39, 0.29) is 5.52 Å². The maximum absolute atomic E-state index is 14.7. The van der Waals surface area contributed by atoms with Gasteiger partial charge in [-0.05, 0) is 52.8 Å². The number of fused-ring (bicyclic) bond motifs is 1. The molecule has 6 nitrogen and oxygen atoms in total. The molecule has 2 heterocycles. The molecule has 0 bridgehead atoms. The Hall–Kier alpha value is -2.52. The molecule has 2 aromatic heterocycles. The van der Waals surface area contributed by atoms with Gasteiger partial charge >= 0.3 is 11.9 Å². The number of pyridine rings is 1. The summed E-state index contributed by atoms with van der Waals surface area (Å²) < 4.78 is 48.3. The minimum absolute atomic E-state index is 0.141. The van der Waals surface area contributed by atoms with Crippen LogP contribution < -0.4 is 0 Å². The molecule has 0 saturated carbocycles. The molecule has 9 heteroatoms. The molecule has 3 aromatic rings. The summed E-state index contributed by atoms with van der Waals surface area (Å²) in [5, 5.41) is 4.21. The first-order valence-corrected chi connectivity index (χ1v) is 9.97. The maximum Gasteiger partial charge on any atom is 0.382 e. The molecule has 1 unspecified atom stereocenters. The molecule has 0 fully saturated rings. The normalized spacial score (nSPS) is 13.5. The molecule has 154 valence electrons. The van der Waals surface area contributed by atoms with Crippen LogP contribution in [0, 0.1) is 13.8 Å². The minimum atomic E-state index is -3.91. The summed E-state index contributed by atoms with van der Waals surface area (Å²) in [5.41, 5.74) is 0.182. The van der Waals surface area contributed by atoms with E-state index in [4.69, 9.17) is 4.74 Å². The molecule has 0 aliphatic rings. The highest BCUT2D eigenvalue weighted by molar-refractivity contribution is 7.90. The molecule has 0 aliphatic carbocycles. The first kappa shape index (κ1) is 21.2. The molecule has 0 radical (unpaired) electrons. The first-order valence-electron chi connectivity index (χ1n) is 8.86. The number of halogens is 2. The van der Waals surface area contributed by atoms with Crippen molar-refractivity contribution < 1.29 is 22.9 Å². The number of aryl methyl sites for hydroxylation is 2. The van der Waals surface area contributed by atoms with Crippen LogP contribution in [-0.4, -0.2) is 30.3 Å². The second-order valence-electron chi connectivity index (χ2n) is 7.69. The van der Waals surface area contributed by atoms with Gasteiger partial charge in [-0.15, -0.1) is 5.10 Å². The van der Waals surface area contributed by atoms with Gasteiger partial charge in [0.25, 0.3) is 0 Å². The summed E-state index contributed by atoms with van der Waals surface area (Å²) in [5.74, 6) is -5.59. The van der Waals surface area contributed by atoms with Gasteiger partial charge in [-0.3, -0.25) is 4.98 Å². The molecule has 0 spiro atoms. The minimum Gasteiger partial charge on any atom is -0.586 e. The Morgan fingerprint density at radius 1 is 1.17 bits per heavy atom. The standard InChI is InChI=1S/C20H21F2N3O3S/c1-12-6-8-15(9-7-12)29(27)25-16-10-14(11-23-17(16)13(2)24-25)20(21,22)18(26)28-19(3,4)5/h6-11H,1-5H3. The van der Waals surface area contributed by atoms with Crippen LogP contribution in [0.2, 0.25) is 0 Å². The van der Waals surface area contributed by atoms with E-state index in [0.29, 0.717) is 16.1 Å². The molecule has 0 saturated heterocycles. The summed E-state index contributed by atoms with van der Waals surface area (Å²) in [6.45, 7) is 8.06. The summed E-state index contributed by atoms with van der Waals surface area (Å²) >= 11 is -1.77. The number of benzene rings is 1. The lowest BCUT2D eigenvalue weighted by atomic mass is 10.1. The number of hydrogen-bond donors (Lipinski definition) is 0. The molecule has 1 aromatic carbocycles. The first-order chi connectivity index (χ1) is 13.4. The van der Waals surface area contributed by atoms with Gasteiger partial charge in [0.05, 0.1) is 11.3 Å². The summed E-state index contributed by atoms with van der Waals surface area (Å²) in [6, 6.07) is 8.04. The molecule has 0 N–H and O–H groups in total. The highest BCUT2D eigenvalue weighted by Crippen LogP contribution is 2.33. The summed E-state index contributed by atoms with van der Waals surface area (Å²) in [7, 11) is 0. The molecule has 29 heavy (non-hydrogen) atoms. The van der Waals surface area contributed by atoms with Crippen LogP contribution in [0.4, 0.5) is 8.78 Å². The lowest BCUT2D eigenvalue weighted by molar-refractivity contribution is -0.185. The van der Waals surface area contributed by atoms with Gasteiger partial charge in [-0.2, -0.15) is 8.78 Å². The number of rotatable bonds is 4. The average Bonchev–Trinajstić information content (AvgIpc) is 2.96. The van der Waals surface area contributed by atoms with E-state index in [1.807, 2.05) is 6.92 Å². The van der Waals surface area contributed by atoms with E-state index in [0.717, 1.165) is 21.9 Å². The zero-order valence-electron chi connectivity index (χ0n) is 16.7. The Labute approximate surface area is 170 Å².